The summed E-state index contributed by atoms with van der Waals surface area (Å²) >= 11 is 0. The molecule has 82 valence electrons. The van der Waals surface area contributed by atoms with Gasteiger partial charge in [-0.2, -0.15) is 0 Å². The molecule has 0 saturated carbocycles. The van der Waals surface area contributed by atoms with Crippen LogP contribution in [0.3, 0.4) is 0 Å². The quantitative estimate of drug-likeness (QED) is 0.849. The van der Waals surface area contributed by atoms with Crippen molar-refractivity contribution < 1.29 is 9.90 Å². The number of carboxylic acid groups (broad SMARTS) is 1. The molecule has 0 saturated heterocycles. The molecule has 0 fully saturated rings. The second-order valence-corrected chi connectivity index (χ2v) is 3.61. The van der Waals surface area contributed by atoms with Crippen LogP contribution in [0.1, 0.15) is 5.56 Å². The second kappa shape index (κ2) is 4.18. The fourth-order valence-electron chi connectivity index (χ4n) is 1.72. The SMILES string of the molecule is Cn1cccc1-c1ccncc1CC(=O)O. The van der Waals surface area contributed by atoms with Gasteiger partial charge in [0.1, 0.15) is 0 Å². The van der Waals surface area contributed by atoms with E-state index in [1.807, 2.05) is 36.0 Å². The van der Waals surface area contributed by atoms with Crippen LogP contribution >= 0.6 is 0 Å². The number of rotatable bonds is 3. The lowest BCUT2D eigenvalue weighted by atomic mass is 10.0. The molecule has 2 aromatic rings. The zero-order valence-corrected chi connectivity index (χ0v) is 8.92. The van der Waals surface area contributed by atoms with Crippen LogP contribution in [0.15, 0.2) is 36.8 Å². The normalized spacial score (nSPS) is 10.3. The van der Waals surface area contributed by atoms with E-state index < -0.39 is 5.97 Å². The minimum absolute atomic E-state index is 0.00560. The van der Waals surface area contributed by atoms with Gasteiger partial charge in [0.15, 0.2) is 0 Å². The fourth-order valence-corrected chi connectivity index (χ4v) is 1.72. The molecule has 0 aliphatic rings. The zero-order valence-electron chi connectivity index (χ0n) is 8.92. The average Bonchev–Trinajstić information content (AvgIpc) is 2.64. The number of aliphatic carboxylic acids is 1. The van der Waals surface area contributed by atoms with Gasteiger partial charge in [0.2, 0.25) is 0 Å². The van der Waals surface area contributed by atoms with Crippen LogP contribution in [0.2, 0.25) is 0 Å². The highest BCUT2D eigenvalue weighted by molar-refractivity contribution is 5.75. The third kappa shape index (κ3) is 1.95. The molecule has 1 N–H and O–H groups in total. The van der Waals surface area contributed by atoms with Gasteiger partial charge in [0, 0.05) is 36.9 Å². The Morgan fingerprint density at radius 3 is 2.94 bits per heavy atom. The molecule has 0 unspecified atom stereocenters. The highest BCUT2D eigenvalue weighted by atomic mass is 16.4. The van der Waals surface area contributed by atoms with E-state index in [4.69, 9.17) is 5.11 Å². The maximum Gasteiger partial charge on any atom is 0.307 e. The number of nitrogens with zero attached hydrogens (tertiary/aromatic N) is 2. The van der Waals surface area contributed by atoms with Crippen molar-refractivity contribution in [2.75, 3.05) is 0 Å². The Kier molecular flexibility index (Phi) is 2.72. The minimum Gasteiger partial charge on any atom is -0.481 e. The number of carbonyl (C=O) groups is 1. The van der Waals surface area contributed by atoms with Crippen molar-refractivity contribution in [3.63, 3.8) is 0 Å². The first-order valence-electron chi connectivity index (χ1n) is 4.95. The Labute approximate surface area is 93.2 Å². The molecule has 0 amide bonds. The van der Waals surface area contributed by atoms with Gasteiger partial charge in [-0.15, -0.1) is 0 Å². The van der Waals surface area contributed by atoms with Gasteiger partial charge in [-0.1, -0.05) is 0 Å². The van der Waals surface area contributed by atoms with E-state index in [1.54, 1.807) is 12.4 Å². The molecule has 0 bridgehead atoms. The molecule has 2 rings (SSSR count). The topological polar surface area (TPSA) is 55.1 Å². The van der Waals surface area contributed by atoms with Crippen LogP contribution < -0.4 is 0 Å². The Bertz CT molecular complexity index is 517. The van der Waals surface area contributed by atoms with E-state index >= 15 is 0 Å². The third-order valence-electron chi connectivity index (χ3n) is 2.46. The zero-order chi connectivity index (χ0) is 11.5. The maximum atomic E-state index is 10.7. The van der Waals surface area contributed by atoms with Crippen LogP contribution in [0.4, 0.5) is 0 Å². The van der Waals surface area contributed by atoms with Gasteiger partial charge in [-0.3, -0.25) is 9.78 Å². The summed E-state index contributed by atoms with van der Waals surface area (Å²) < 4.78 is 1.96. The summed E-state index contributed by atoms with van der Waals surface area (Å²) in [4.78, 5) is 14.7. The number of hydrogen-bond donors (Lipinski definition) is 1. The number of hydrogen-bond acceptors (Lipinski definition) is 2. The van der Waals surface area contributed by atoms with E-state index in [9.17, 15) is 4.79 Å². The Hall–Kier alpha value is -2.10. The smallest absolute Gasteiger partial charge is 0.307 e. The number of aromatic nitrogens is 2. The number of aryl methyl sites for hydroxylation is 1. The summed E-state index contributed by atoms with van der Waals surface area (Å²) in [5.41, 5.74) is 2.65. The Morgan fingerprint density at radius 1 is 1.50 bits per heavy atom. The molecule has 0 aromatic carbocycles. The van der Waals surface area contributed by atoms with Crippen molar-refractivity contribution in [3.05, 3.63) is 42.4 Å². The van der Waals surface area contributed by atoms with Crippen molar-refractivity contribution in [1.29, 1.82) is 0 Å². The van der Waals surface area contributed by atoms with Crippen LogP contribution in [-0.2, 0) is 18.3 Å². The van der Waals surface area contributed by atoms with Gasteiger partial charge in [0.05, 0.1) is 6.42 Å². The predicted molar refractivity (Wildman–Crippen MR) is 60.0 cm³/mol. The summed E-state index contributed by atoms with van der Waals surface area (Å²) in [5.74, 6) is -0.844. The average molecular weight is 216 g/mol. The summed E-state index contributed by atoms with van der Waals surface area (Å²) in [6.45, 7) is 0. The van der Waals surface area contributed by atoms with Crippen LogP contribution in [0.25, 0.3) is 11.3 Å². The van der Waals surface area contributed by atoms with Gasteiger partial charge >= 0.3 is 5.97 Å². The lowest BCUT2D eigenvalue weighted by Gasteiger charge is -2.08. The minimum atomic E-state index is -0.844. The third-order valence-corrected chi connectivity index (χ3v) is 2.46. The first kappa shape index (κ1) is 10.4. The first-order chi connectivity index (χ1) is 7.68. The van der Waals surface area contributed by atoms with Crippen LogP contribution in [0, 0.1) is 0 Å². The first-order valence-corrected chi connectivity index (χ1v) is 4.95. The van der Waals surface area contributed by atoms with E-state index in [0.29, 0.717) is 0 Å². The molecule has 16 heavy (non-hydrogen) atoms. The summed E-state index contributed by atoms with van der Waals surface area (Å²) in [7, 11) is 1.93. The molecule has 4 nitrogen and oxygen atoms in total. The largest absolute Gasteiger partial charge is 0.481 e. The summed E-state index contributed by atoms with van der Waals surface area (Å²) in [6.07, 6.45) is 5.21. The van der Waals surface area contributed by atoms with Gasteiger partial charge in [0.25, 0.3) is 0 Å². The van der Waals surface area contributed by atoms with E-state index in [0.717, 1.165) is 16.8 Å². The van der Waals surface area contributed by atoms with Crippen molar-refractivity contribution >= 4 is 5.97 Å². The maximum absolute atomic E-state index is 10.7. The molecule has 0 aliphatic heterocycles. The van der Waals surface area contributed by atoms with Crippen LogP contribution in [-0.4, -0.2) is 20.6 Å². The van der Waals surface area contributed by atoms with Crippen molar-refractivity contribution in [1.82, 2.24) is 9.55 Å². The number of pyridine rings is 1. The van der Waals surface area contributed by atoms with Crippen molar-refractivity contribution in [2.24, 2.45) is 7.05 Å². The van der Waals surface area contributed by atoms with Gasteiger partial charge < -0.3 is 9.67 Å². The second-order valence-electron chi connectivity index (χ2n) is 3.61. The van der Waals surface area contributed by atoms with E-state index in [2.05, 4.69) is 4.98 Å². The Balaban J connectivity index is 2.48. The highest BCUT2D eigenvalue weighted by Crippen LogP contribution is 2.23. The van der Waals surface area contributed by atoms with Crippen LogP contribution in [0.5, 0.6) is 0 Å². The lowest BCUT2D eigenvalue weighted by molar-refractivity contribution is -0.136. The molecule has 0 atom stereocenters. The fraction of sp³-hybridized carbons (Fsp3) is 0.167. The van der Waals surface area contributed by atoms with E-state index in [1.165, 1.54) is 0 Å². The molecule has 0 aliphatic carbocycles. The molecule has 4 heteroatoms. The highest BCUT2D eigenvalue weighted by Gasteiger charge is 2.10. The molecule has 0 spiro atoms. The predicted octanol–water partition coefficient (Wildman–Crippen LogP) is 1.71. The van der Waals surface area contributed by atoms with Gasteiger partial charge in [-0.05, 0) is 23.8 Å². The van der Waals surface area contributed by atoms with Gasteiger partial charge in [-0.25, -0.2) is 0 Å². The van der Waals surface area contributed by atoms with E-state index in [-0.39, 0.29) is 6.42 Å². The summed E-state index contributed by atoms with van der Waals surface area (Å²) in [6, 6.07) is 5.73. The summed E-state index contributed by atoms with van der Waals surface area (Å²) in [5, 5.41) is 8.82. The molecular weight excluding hydrogens is 204 g/mol. The molecule has 2 aromatic heterocycles. The molecule has 2 heterocycles. The number of carboxylic acids is 1. The van der Waals surface area contributed by atoms with Crippen molar-refractivity contribution in [2.45, 2.75) is 6.42 Å². The standard InChI is InChI=1S/C12H12N2O2/c1-14-6-2-3-11(14)10-4-5-13-8-9(10)7-12(15)16/h2-6,8H,7H2,1H3,(H,15,16). The molecular formula is C12H12N2O2. The monoisotopic (exact) mass is 216 g/mol. The Morgan fingerprint density at radius 2 is 2.31 bits per heavy atom. The van der Waals surface area contributed by atoms with Crippen molar-refractivity contribution in [3.8, 4) is 11.3 Å². The molecule has 0 radical (unpaired) electrons. The lowest BCUT2D eigenvalue weighted by Crippen LogP contribution is -2.03.